The number of alkyl halides is 1. The first-order valence-corrected chi connectivity index (χ1v) is 9.61. The molecule has 1 aliphatic carbocycles. The highest BCUT2D eigenvalue weighted by molar-refractivity contribution is 5.85. The van der Waals surface area contributed by atoms with Crippen LogP contribution in [0.25, 0.3) is 11.1 Å². The van der Waals surface area contributed by atoms with Crippen LogP contribution < -0.4 is 5.32 Å². The number of rotatable bonds is 6. The van der Waals surface area contributed by atoms with E-state index in [4.69, 9.17) is 9.84 Å². The van der Waals surface area contributed by atoms with Crippen molar-refractivity contribution < 1.29 is 19.0 Å². The molecule has 0 radical (unpaired) electrons. The van der Waals surface area contributed by atoms with Gasteiger partial charge in [0, 0.05) is 18.0 Å². The second kappa shape index (κ2) is 8.45. The van der Waals surface area contributed by atoms with Crippen LogP contribution in [0.5, 0.6) is 0 Å². The molecule has 0 saturated heterocycles. The second-order valence-electron chi connectivity index (χ2n) is 7.13. The number of nitrogens with one attached hydrogen (secondary N) is 1. The van der Waals surface area contributed by atoms with Gasteiger partial charge in [-0.15, -0.1) is 0 Å². The van der Waals surface area contributed by atoms with Gasteiger partial charge in [0.2, 0.25) is 0 Å². The lowest BCUT2D eigenvalue weighted by molar-refractivity contribution is 0.158. The summed E-state index contributed by atoms with van der Waals surface area (Å²) < 4.78 is 18.9. The summed E-state index contributed by atoms with van der Waals surface area (Å²) in [7, 11) is 0. The zero-order chi connectivity index (χ0) is 20.2. The highest BCUT2D eigenvalue weighted by Gasteiger charge is 2.28. The fraction of sp³-hybridized carbons (Fsp3) is 0.208. The molecule has 148 valence electrons. The Morgan fingerprint density at radius 3 is 2.31 bits per heavy atom. The number of hydrogen-bond donors (Lipinski definition) is 2. The minimum Gasteiger partial charge on any atom is -0.448 e. The smallest absolute Gasteiger partial charge is 0.411 e. The number of fused-ring (bicyclic) bond motifs is 3. The molecule has 4 rings (SSSR count). The number of halogens is 1. The highest BCUT2D eigenvalue weighted by Crippen LogP contribution is 2.44. The Kier molecular flexibility index (Phi) is 5.58. The molecule has 0 aliphatic heterocycles. The number of aliphatic hydroxyl groups is 1. The maximum atomic E-state index is 13.4. The fourth-order valence-electron chi connectivity index (χ4n) is 3.85. The summed E-state index contributed by atoms with van der Waals surface area (Å²) in [5.41, 5.74) is 5.89. The lowest BCUT2D eigenvalue weighted by atomic mass is 9.98. The van der Waals surface area contributed by atoms with Crippen molar-refractivity contribution in [3.8, 4) is 11.1 Å². The van der Waals surface area contributed by atoms with Crippen molar-refractivity contribution in [1.82, 2.24) is 0 Å². The van der Waals surface area contributed by atoms with Crippen LogP contribution in [0.1, 0.15) is 22.6 Å². The van der Waals surface area contributed by atoms with Crippen molar-refractivity contribution >= 4 is 11.8 Å². The van der Waals surface area contributed by atoms with E-state index in [0.29, 0.717) is 11.3 Å². The third-order valence-electron chi connectivity index (χ3n) is 5.17. The zero-order valence-electron chi connectivity index (χ0n) is 15.8. The Bertz CT molecular complexity index is 975. The molecule has 1 amide bonds. The lowest BCUT2D eigenvalue weighted by Crippen LogP contribution is -2.18. The molecule has 0 bridgehead atoms. The Morgan fingerprint density at radius 1 is 1.00 bits per heavy atom. The summed E-state index contributed by atoms with van der Waals surface area (Å²) in [5, 5.41) is 11.6. The van der Waals surface area contributed by atoms with Crippen LogP contribution in [-0.4, -0.2) is 30.6 Å². The first-order valence-electron chi connectivity index (χ1n) is 9.61. The molecule has 2 N–H and O–H groups in total. The van der Waals surface area contributed by atoms with Crippen LogP contribution in [0.3, 0.4) is 0 Å². The first-order chi connectivity index (χ1) is 14.2. The molecule has 29 heavy (non-hydrogen) atoms. The van der Waals surface area contributed by atoms with Crippen molar-refractivity contribution in [2.24, 2.45) is 0 Å². The SMILES string of the molecule is O=C(Nc1cccc(CC(F)CO)c1)OCC1c2ccccc2-c2ccccc21. The van der Waals surface area contributed by atoms with Crippen LogP contribution in [0.15, 0.2) is 72.8 Å². The summed E-state index contributed by atoms with van der Waals surface area (Å²) in [4.78, 5) is 12.3. The topological polar surface area (TPSA) is 58.6 Å². The van der Waals surface area contributed by atoms with Crippen LogP contribution in [0, 0.1) is 0 Å². The van der Waals surface area contributed by atoms with Crippen LogP contribution in [-0.2, 0) is 11.2 Å². The second-order valence-corrected chi connectivity index (χ2v) is 7.13. The van der Waals surface area contributed by atoms with Crippen molar-refractivity contribution in [2.75, 3.05) is 18.5 Å². The van der Waals surface area contributed by atoms with Gasteiger partial charge in [-0.1, -0.05) is 60.7 Å². The van der Waals surface area contributed by atoms with E-state index in [1.54, 1.807) is 24.3 Å². The van der Waals surface area contributed by atoms with E-state index in [2.05, 4.69) is 29.6 Å². The summed E-state index contributed by atoms with van der Waals surface area (Å²) >= 11 is 0. The number of anilines is 1. The third kappa shape index (κ3) is 4.15. The van der Waals surface area contributed by atoms with E-state index in [0.717, 1.165) is 11.1 Å². The van der Waals surface area contributed by atoms with Gasteiger partial charge < -0.3 is 9.84 Å². The predicted octanol–water partition coefficient (Wildman–Crippen LogP) is 4.92. The van der Waals surface area contributed by atoms with Crippen LogP contribution in [0.4, 0.5) is 14.9 Å². The maximum Gasteiger partial charge on any atom is 0.411 e. The van der Waals surface area contributed by atoms with Crippen molar-refractivity contribution in [1.29, 1.82) is 0 Å². The van der Waals surface area contributed by atoms with E-state index in [1.165, 1.54) is 11.1 Å². The zero-order valence-corrected chi connectivity index (χ0v) is 15.8. The predicted molar refractivity (Wildman–Crippen MR) is 111 cm³/mol. The molecule has 5 heteroatoms. The van der Waals surface area contributed by atoms with Crippen LogP contribution >= 0.6 is 0 Å². The fourth-order valence-corrected chi connectivity index (χ4v) is 3.85. The van der Waals surface area contributed by atoms with Crippen LogP contribution in [0.2, 0.25) is 0 Å². The van der Waals surface area contributed by atoms with Gasteiger partial charge in [0.05, 0.1) is 6.61 Å². The van der Waals surface area contributed by atoms with Gasteiger partial charge in [0.15, 0.2) is 0 Å². The summed E-state index contributed by atoms with van der Waals surface area (Å²) in [6.45, 7) is -0.291. The van der Waals surface area contributed by atoms with Crippen molar-refractivity contribution in [3.63, 3.8) is 0 Å². The number of benzene rings is 3. The molecule has 0 fully saturated rings. The van der Waals surface area contributed by atoms with E-state index < -0.39 is 18.9 Å². The third-order valence-corrected chi connectivity index (χ3v) is 5.17. The number of carbonyl (C=O) groups excluding carboxylic acids is 1. The molecular weight excluding hydrogens is 369 g/mol. The number of carbonyl (C=O) groups is 1. The van der Waals surface area contributed by atoms with E-state index in [-0.39, 0.29) is 18.9 Å². The van der Waals surface area contributed by atoms with E-state index >= 15 is 0 Å². The van der Waals surface area contributed by atoms with Crippen molar-refractivity contribution in [3.05, 3.63) is 89.5 Å². The average Bonchev–Trinajstić information content (AvgIpc) is 3.06. The maximum absolute atomic E-state index is 13.4. The number of amides is 1. The molecule has 1 atom stereocenters. The Morgan fingerprint density at radius 2 is 1.66 bits per heavy atom. The first kappa shape index (κ1) is 19.2. The highest BCUT2D eigenvalue weighted by atomic mass is 19.1. The van der Waals surface area contributed by atoms with Gasteiger partial charge in [-0.25, -0.2) is 9.18 Å². The van der Waals surface area contributed by atoms with Gasteiger partial charge in [-0.05, 0) is 39.9 Å². The Labute approximate surface area is 169 Å². The van der Waals surface area contributed by atoms with Gasteiger partial charge in [-0.3, -0.25) is 5.32 Å². The van der Waals surface area contributed by atoms with Gasteiger partial charge in [-0.2, -0.15) is 0 Å². The molecule has 0 aromatic heterocycles. The molecule has 1 aliphatic rings. The average molecular weight is 391 g/mol. The van der Waals surface area contributed by atoms with E-state index in [9.17, 15) is 9.18 Å². The summed E-state index contributed by atoms with van der Waals surface area (Å²) in [6, 6.07) is 23.2. The van der Waals surface area contributed by atoms with Gasteiger partial charge in [0.25, 0.3) is 0 Å². The normalized spacial score (nSPS) is 13.4. The minimum absolute atomic E-state index is 0.00339. The van der Waals surface area contributed by atoms with Crippen molar-refractivity contribution in [2.45, 2.75) is 18.5 Å². The Hall–Kier alpha value is -3.18. The molecular formula is C24H22FNO3. The largest absolute Gasteiger partial charge is 0.448 e. The molecule has 3 aromatic rings. The molecule has 4 nitrogen and oxygen atoms in total. The monoisotopic (exact) mass is 391 g/mol. The molecule has 0 saturated carbocycles. The summed E-state index contributed by atoms with van der Waals surface area (Å²) in [6.07, 6.45) is -1.78. The van der Waals surface area contributed by atoms with Gasteiger partial charge >= 0.3 is 6.09 Å². The molecule has 1 unspecified atom stereocenters. The molecule has 0 spiro atoms. The standard InChI is InChI=1S/C24H22FNO3/c25-17(14-27)12-16-6-5-7-18(13-16)26-24(28)29-15-23-21-10-3-1-8-19(21)20-9-2-4-11-22(20)23/h1-11,13,17,23,27H,12,14-15H2,(H,26,28). The number of hydrogen-bond acceptors (Lipinski definition) is 3. The summed E-state index contributed by atoms with van der Waals surface area (Å²) in [5.74, 6) is -0.00339. The van der Waals surface area contributed by atoms with Gasteiger partial charge in [0.1, 0.15) is 12.8 Å². The molecule has 0 heterocycles. The van der Waals surface area contributed by atoms with E-state index in [1.807, 2.05) is 24.3 Å². The minimum atomic E-state index is -1.32. The number of ether oxygens (including phenoxy) is 1. The Balaban J connectivity index is 1.42. The molecule has 3 aromatic carbocycles. The quantitative estimate of drug-likeness (QED) is 0.627. The number of aliphatic hydroxyl groups excluding tert-OH is 1. The lowest BCUT2D eigenvalue weighted by Gasteiger charge is -2.15.